The summed E-state index contributed by atoms with van der Waals surface area (Å²) in [6, 6.07) is 32.5. The van der Waals surface area contributed by atoms with Gasteiger partial charge < -0.3 is 0 Å². The number of nitrogens with zero attached hydrogens (tertiary/aromatic N) is 1. The second-order valence-electron chi connectivity index (χ2n) is 9.00. The summed E-state index contributed by atoms with van der Waals surface area (Å²) < 4.78 is 3.00. The van der Waals surface area contributed by atoms with E-state index < -0.39 is 17.3 Å². The van der Waals surface area contributed by atoms with Crippen molar-refractivity contribution in [3.63, 3.8) is 0 Å². The first-order valence-electron chi connectivity index (χ1n) is 11.3. The number of benzene rings is 3. The molecule has 3 aromatic rings. The number of hydrogen-bond donors (Lipinski definition) is 0. The van der Waals surface area contributed by atoms with Crippen LogP contribution in [0.3, 0.4) is 0 Å². The summed E-state index contributed by atoms with van der Waals surface area (Å²) in [6.07, 6.45) is 9.00. The molecule has 0 amide bonds. The molecular formula is C28H28ClNOSn. The molecule has 1 fully saturated rings. The zero-order chi connectivity index (χ0) is 22.0. The third kappa shape index (κ3) is 3.62. The Morgan fingerprint density at radius 2 is 1.47 bits per heavy atom. The third-order valence-corrected chi connectivity index (χ3v) is 23.8. The van der Waals surface area contributed by atoms with Crippen LogP contribution in [0.25, 0.3) is 0 Å². The molecule has 2 aliphatic rings. The Balaban J connectivity index is 1.73. The van der Waals surface area contributed by atoms with Crippen LogP contribution in [0.1, 0.15) is 12.0 Å². The number of rotatable bonds is 7. The van der Waals surface area contributed by atoms with Gasteiger partial charge in [0.25, 0.3) is 0 Å². The Morgan fingerprint density at radius 1 is 0.906 bits per heavy atom. The van der Waals surface area contributed by atoms with E-state index in [-0.39, 0.29) is 5.41 Å². The van der Waals surface area contributed by atoms with Crippen molar-refractivity contribution in [1.82, 2.24) is 0 Å². The molecule has 2 aliphatic carbocycles. The molecule has 4 atom stereocenters. The quantitative estimate of drug-likeness (QED) is 0.167. The van der Waals surface area contributed by atoms with Crippen molar-refractivity contribution in [2.24, 2.45) is 22.4 Å². The van der Waals surface area contributed by atoms with E-state index in [0.717, 1.165) is 12.8 Å². The molecule has 4 heteroatoms. The third-order valence-electron chi connectivity index (χ3n) is 7.38. The van der Waals surface area contributed by atoms with Crippen molar-refractivity contribution < 1.29 is 4.84 Å². The topological polar surface area (TPSA) is 21.6 Å². The average Bonchev–Trinajstić information content (AvgIpc) is 3.45. The molecule has 3 aromatic carbocycles. The minimum absolute atomic E-state index is 0.166. The molecule has 5 rings (SSSR count). The molecule has 0 heterocycles. The standard InChI is InChI=1S/C16H18NO.2C6H5.ClH.Sn/c1-18-17-12-16(10-13-5-3-2-4-6-13)11-14-7-8-15(16)9-14;2*1-2-4-6-5-3-1;;/h2-8,11-12,14-15H,9-10H2,1H3;2*1-5H;1H;/q;;;;+1/p-1. The zero-order valence-corrected chi connectivity index (χ0v) is 21.9. The fraction of sp³-hybridized carbons (Fsp3) is 0.250. The Kier molecular flexibility index (Phi) is 6.17. The van der Waals surface area contributed by atoms with Crippen molar-refractivity contribution >= 4 is 39.5 Å². The van der Waals surface area contributed by atoms with Crippen LogP contribution in [-0.4, -0.2) is 30.6 Å². The van der Waals surface area contributed by atoms with Gasteiger partial charge in [0.2, 0.25) is 0 Å². The first-order chi connectivity index (χ1) is 15.7. The van der Waals surface area contributed by atoms with Crippen LogP contribution in [0.15, 0.2) is 108 Å². The number of oxime groups is 1. The monoisotopic (exact) mass is 549 g/mol. The van der Waals surface area contributed by atoms with Crippen molar-refractivity contribution in [3.8, 4) is 0 Å². The van der Waals surface area contributed by atoms with E-state index in [9.17, 15) is 0 Å². The number of fused-ring (bicyclic) bond motifs is 2. The van der Waals surface area contributed by atoms with Gasteiger partial charge in [0.15, 0.2) is 0 Å². The van der Waals surface area contributed by atoms with E-state index >= 15 is 0 Å². The summed E-state index contributed by atoms with van der Waals surface area (Å²) in [5.74, 6) is 0.875. The SMILES string of the molecule is CON=CC1(Cc2ccccc2)C2C=CC(C2)[CH]1[Sn]([Cl])([c]1ccccc1)[c]1ccccc1. The summed E-state index contributed by atoms with van der Waals surface area (Å²) in [5.41, 5.74) is 1.16. The van der Waals surface area contributed by atoms with E-state index in [4.69, 9.17) is 13.8 Å². The Hall–Kier alpha value is -2.04. The van der Waals surface area contributed by atoms with E-state index in [2.05, 4.69) is 115 Å². The molecular weight excluding hydrogens is 520 g/mol. The van der Waals surface area contributed by atoms with Crippen molar-refractivity contribution in [2.45, 2.75) is 16.8 Å². The van der Waals surface area contributed by atoms with Crippen molar-refractivity contribution in [2.75, 3.05) is 7.11 Å². The molecule has 0 aromatic heterocycles. The maximum atomic E-state index is 8.09. The van der Waals surface area contributed by atoms with Crippen LogP contribution < -0.4 is 7.16 Å². The second-order valence-corrected chi connectivity index (χ2v) is 22.1. The summed E-state index contributed by atoms with van der Waals surface area (Å²) >= 11 is -3.71. The van der Waals surface area contributed by atoms with Gasteiger partial charge in [0.05, 0.1) is 0 Å². The Morgan fingerprint density at radius 3 is 2.03 bits per heavy atom. The predicted octanol–water partition coefficient (Wildman–Crippen LogP) is 5.42. The molecule has 1 saturated carbocycles. The number of halogens is 1. The molecule has 0 aliphatic heterocycles. The molecule has 32 heavy (non-hydrogen) atoms. The van der Waals surface area contributed by atoms with Gasteiger partial charge in [0.1, 0.15) is 0 Å². The molecule has 0 saturated heterocycles. The first kappa shape index (κ1) is 21.8. The van der Waals surface area contributed by atoms with Gasteiger partial charge in [0, 0.05) is 0 Å². The summed E-state index contributed by atoms with van der Waals surface area (Å²) in [6.45, 7) is 0. The molecule has 162 valence electrons. The van der Waals surface area contributed by atoms with E-state index in [0.29, 0.717) is 15.8 Å². The van der Waals surface area contributed by atoms with Crippen LogP contribution >= 0.6 is 8.92 Å². The zero-order valence-electron chi connectivity index (χ0n) is 18.3. The summed E-state index contributed by atoms with van der Waals surface area (Å²) in [4.78, 5) is 5.27. The van der Waals surface area contributed by atoms with Gasteiger partial charge in [-0.2, -0.15) is 0 Å². The molecule has 4 unspecified atom stereocenters. The maximum absolute atomic E-state index is 8.09. The van der Waals surface area contributed by atoms with Crippen molar-refractivity contribution in [3.05, 3.63) is 109 Å². The van der Waals surface area contributed by atoms with Gasteiger partial charge in [-0.3, -0.25) is 0 Å². The average molecular weight is 549 g/mol. The number of allylic oxidation sites excluding steroid dienone is 2. The fourth-order valence-electron chi connectivity index (χ4n) is 6.12. The van der Waals surface area contributed by atoms with Gasteiger partial charge in [-0.1, -0.05) is 0 Å². The Labute approximate surface area is 198 Å². The predicted molar refractivity (Wildman–Crippen MR) is 136 cm³/mol. The molecule has 2 bridgehead atoms. The van der Waals surface area contributed by atoms with Crippen LogP contribution in [0.5, 0.6) is 0 Å². The van der Waals surface area contributed by atoms with E-state index in [1.807, 2.05) is 0 Å². The van der Waals surface area contributed by atoms with Gasteiger partial charge in [-0.15, -0.1) is 0 Å². The second kappa shape index (κ2) is 9.07. The summed E-state index contributed by atoms with van der Waals surface area (Å²) in [5, 5.41) is 4.41. The van der Waals surface area contributed by atoms with Gasteiger partial charge >= 0.3 is 199 Å². The Bertz CT molecular complexity index is 1060. The fourth-order valence-corrected chi connectivity index (χ4v) is 22.7. The van der Waals surface area contributed by atoms with Crippen LogP contribution in [-0.2, 0) is 11.3 Å². The van der Waals surface area contributed by atoms with Gasteiger partial charge in [-0.25, -0.2) is 0 Å². The minimum atomic E-state index is -3.71. The molecule has 0 N–H and O–H groups in total. The first-order valence-corrected chi connectivity index (χ1v) is 19.4. The van der Waals surface area contributed by atoms with Crippen LogP contribution in [0.2, 0.25) is 3.93 Å². The van der Waals surface area contributed by atoms with E-state index in [1.54, 1.807) is 7.11 Å². The van der Waals surface area contributed by atoms with Crippen LogP contribution in [0.4, 0.5) is 0 Å². The van der Waals surface area contributed by atoms with E-state index in [1.165, 1.54) is 12.7 Å². The van der Waals surface area contributed by atoms with Crippen molar-refractivity contribution in [1.29, 1.82) is 0 Å². The normalized spacial score (nSPS) is 26.6. The molecule has 0 spiro atoms. The molecule has 2 nitrogen and oxygen atoms in total. The number of hydrogen-bond acceptors (Lipinski definition) is 2. The summed E-state index contributed by atoms with van der Waals surface area (Å²) in [7, 11) is 9.73. The van der Waals surface area contributed by atoms with Gasteiger partial charge in [-0.05, 0) is 0 Å². The molecule has 0 radical (unpaired) electrons. The van der Waals surface area contributed by atoms with Crippen LogP contribution in [0, 0.1) is 17.3 Å².